The number of benzene rings is 1. The van der Waals surface area contributed by atoms with Gasteiger partial charge in [-0.25, -0.2) is 17.7 Å². The number of ether oxygens (including phenoxy) is 2. The van der Waals surface area contributed by atoms with Gasteiger partial charge in [0.2, 0.25) is 0 Å². The number of alkyl halides is 5. The average Bonchev–Trinajstić information content (AvgIpc) is 3.34. The number of halogens is 6. The minimum Gasteiger partial charge on any atom is -0.496 e. The summed E-state index contributed by atoms with van der Waals surface area (Å²) >= 11 is 0. The molecule has 4 atom stereocenters. The first kappa shape index (κ1) is 24.8. The predicted octanol–water partition coefficient (Wildman–Crippen LogP) is 4.27. The summed E-state index contributed by atoms with van der Waals surface area (Å²) in [7, 11) is 0.973. The Labute approximate surface area is 194 Å². The van der Waals surface area contributed by atoms with Crippen LogP contribution in [0.25, 0.3) is 5.52 Å². The van der Waals surface area contributed by atoms with Crippen molar-refractivity contribution in [3.63, 3.8) is 0 Å². The number of carbonyl (C=O) groups excluding carboxylic acids is 1. The molecule has 1 saturated heterocycles. The van der Waals surface area contributed by atoms with Crippen LogP contribution in [0.4, 0.5) is 26.3 Å². The van der Waals surface area contributed by atoms with Crippen molar-refractivity contribution in [1.82, 2.24) is 14.8 Å². The van der Waals surface area contributed by atoms with Crippen molar-refractivity contribution in [2.24, 2.45) is 11.7 Å². The van der Waals surface area contributed by atoms with Crippen LogP contribution in [0.3, 0.4) is 0 Å². The van der Waals surface area contributed by atoms with Gasteiger partial charge in [0, 0.05) is 29.2 Å². The largest absolute Gasteiger partial charge is 0.496 e. The Morgan fingerprint density at radius 2 is 1.94 bits per heavy atom. The van der Waals surface area contributed by atoms with E-state index in [0.717, 1.165) is 27.0 Å². The Kier molecular flexibility index (Phi) is 5.74. The van der Waals surface area contributed by atoms with Crippen molar-refractivity contribution in [2.45, 2.75) is 43.6 Å². The predicted molar refractivity (Wildman–Crippen MR) is 109 cm³/mol. The number of carbonyl (C=O) groups is 1. The van der Waals surface area contributed by atoms with Crippen LogP contribution in [0.5, 0.6) is 5.75 Å². The number of methoxy groups -OCH3 is 1. The summed E-state index contributed by atoms with van der Waals surface area (Å²) in [4.78, 5) is 13.0. The van der Waals surface area contributed by atoms with Gasteiger partial charge < -0.3 is 15.2 Å². The molecule has 188 valence electrons. The monoisotopic (exact) mass is 502 g/mol. The second-order valence-electron chi connectivity index (χ2n) is 8.48. The van der Waals surface area contributed by atoms with Crippen LogP contribution in [0, 0.1) is 11.7 Å². The Morgan fingerprint density at radius 1 is 1.26 bits per heavy atom. The molecule has 2 N–H and O–H groups in total. The summed E-state index contributed by atoms with van der Waals surface area (Å²) in [5.74, 6) is -6.50. The zero-order valence-corrected chi connectivity index (χ0v) is 18.6. The topological polar surface area (TPSA) is 91.7 Å². The maximum Gasteiger partial charge on any atom is 0.417 e. The number of rotatable bonds is 5. The van der Waals surface area contributed by atoms with Crippen LogP contribution in [-0.4, -0.2) is 39.6 Å². The zero-order chi connectivity index (χ0) is 25.9. The molecule has 35 heavy (non-hydrogen) atoms. The maximum absolute atomic E-state index is 14.3. The molecule has 0 bridgehead atoms. The number of nitrogens with zero attached hydrogens (tertiary/aromatic N) is 3. The standard InChI is InChI=1S/C22H20F6N4O3/c1-10-16(13-6-7-14(23)15(18(24)25)17(13)34-3)21(19(29)33,35-20(10,2)22(26,27)28)11-4-5-12-8-30-31-32(12)9-11/h4-10,16,18H,1-3H3,(H2,29,33). The van der Waals surface area contributed by atoms with E-state index < -0.39 is 58.7 Å². The summed E-state index contributed by atoms with van der Waals surface area (Å²) in [5.41, 5.74) is -0.865. The molecule has 0 radical (unpaired) electrons. The number of pyridine rings is 1. The van der Waals surface area contributed by atoms with Gasteiger partial charge in [0.1, 0.15) is 11.6 Å². The SMILES string of the molecule is COc1c(C2C(C)C(C)(C(F)(F)F)OC2(C(N)=O)c2ccc3cnnn3c2)ccc(F)c1C(F)F. The number of nitrogens with two attached hydrogens (primary N) is 1. The van der Waals surface area contributed by atoms with E-state index in [1.165, 1.54) is 29.0 Å². The fraction of sp³-hybridized carbons (Fsp3) is 0.409. The lowest BCUT2D eigenvalue weighted by Crippen LogP contribution is -2.50. The Bertz CT molecular complexity index is 1300. The molecular weight excluding hydrogens is 482 g/mol. The van der Waals surface area contributed by atoms with Crippen molar-refractivity contribution in [3.05, 3.63) is 59.2 Å². The molecule has 1 amide bonds. The molecule has 1 fully saturated rings. The minimum atomic E-state index is -5.00. The minimum absolute atomic E-state index is 0.127. The molecular formula is C22H20F6N4O3. The van der Waals surface area contributed by atoms with Gasteiger partial charge in [0.25, 0.3) is 12.3 Å². The third-order valence-electron chi connectivity index (χ3n) is 6.77. The number of hydrogen-bond acceptors (Lipinski definition) is 5. The highest BCUT2D eigenvalue weighted by Gasteiger charge is 2.72. The summed E-state index contributed by atoms with van der Waals surface area (Å²) in [6, 6.07) is 4.43. The summed E-state index contributed by atoms with van der Waals surface area (Å²) in [6.07, 6.45) is -5.77. The molecule has 1 aromatic carbocycles. The van der Waals surface area contributed by atoms with E-state index in [1.807, 2.05) is 0 Å². The molecule has 3 aromatic rings. The lowest BCUT2D eigenvalue weighted by Gasteiger charge is -2.34. The number of hydrogen-bond donors (Lipinski definition) is 1. The van der Waals surface area contributed by atoms with Crippen LogP contribution in [0.1, 0.15) is 42.9 Å². The quantitative estimate of drug-likeness (QED) is 0.527. The maximum atomic E-state index is 14.3. The Balaban J connectivity index is 2.09. The highest BCUT2D eigenvalue weighted by molar-refractivity contribution is 5.87. The first-order valence-electron chi connectivity index (χ1n) is 10.3. The fourth-order valence-electron chi connectivity index (χ4n) is 4.86. The van der Waals surface area contributed by atoms with Crippen molar-refractivity contribution >= 4 is 11.4 Å². The molecule has 7 nitrogen and oxygen atoms in total. The van der Waals surface area contributed by atoms with E-state index in [4.69, 9.17) is 15.2 Å². The average molecular weight is 502 g/mol. The molecule has 0 aliphatic carbocycles. The number of aromatic nitrogens is 3. The van der Waals surface area contributed by atoms with Gasteiger partial charge in [0.05, 0.1) is 24.4 Å². The van der Waals surface area contributed by atoms with Crippen LogP contribution in [0.15, 0.2) is 36.7 Å². The summed E-state index contributed by atoms with van der Waals surface area (Å²) in [5, 5.41) is 7.48. The smallest absolute Gasteiger partial charge is 0.417 e. The lowest BCUT2D eigenvalue weighted by atomic mass is 9.69. The van der Waals surface area contributed by atoms with Crippen molar-refractivity contribution in [1.29, 1.82) is 0 Å². The highest BCUT2D eigenvalue weighted by atomic mass is 19.4. The first-order valence-corrected chi connectivity index (χ1v) is 10.3. The third-order valence-corrected chi connectivity index (χ3v) is 6.77. The molecule has 4 unspecified atom stereocenters. The highest BCUT2D eigenvalue weighted by Crippen LogP contribution is 2.62. The van der Waals surface area contributed by atoms with Gasteiger partial charge in [0.15, 0.2) is 11.2 Å². The zero-order valence-electron chi connectivity index (χ0n) is 18.6. The van der Waals surface area contributed by atoms with Crippen LogP contribution >= 0.6 is 0 Å². The van der Waals surface area contributed by atoms with Gasteiger partial charge in [-0.3, -0.25) is 4.79 Å². The molecule has 0 saturated carbocycles. The molecule has 4 rings (SSSR count). The Hall–Kier alpha value is -3.35. The van der Waals surface area contributed by atoms with Gasteiger partial charge in [-0.2, -0.15) is 13.2 Å². The molecule has 1 aliphatic heterocycles. The number of primary amides is 1. The fourth-order valence-corrected chi connectivity index (χ4v) is 4.86. The van der Waals surface area contributed by atoms with Crippen LogP contribution < -0.4 is 10.5 Å². The van der Waals surface area contributed by atoms with E-state index in [0.29, 0.717) is 11.6 Å². The molecule has 0 spiro atoms. The molecule has 13 heteroatoms. The second-order valence-corrected chi connectivity index (χ2v) is 8.48. The third kappa shape index (κ3) is 3.43. The van der Waals surface area contributed by atoms with E-state index in [1.54, 1.807) is 0 Å². The first-order chi connectivity index (χ1) is 16.3. The van der Waals surface area contributed by atoms with E-state index in [2.05, 4.69) is 10.3 Å². The van der Waals surface area contributed by atoms with Gasteiger partial charge in [-0.15, -0.1) is 5.10 Å². The Morgan fingerprint density at radius 3 is 2.51 bits per heavy atom. The summed E-state index contributed by atoms with van der Waals surface area (Å²) < 4.78 is 96.7. The van der Waals surface area contributed by atoms with Gasteiger partial charge >= 0.3 is 6.18 Å². The van der Waals surface area contributed by atoms with Crippen molar-refractivity contribution in [2.75, 3.05) is 7.11 Å². The van der Waals surface area contributed by atoms with E-state index >= 15 is 0 Å². The van der Waals surface area contributed by atoms with Crippen LogP contribution in [-0.2, 0) is 15.1 Å². The number of fused-ring (bicyclic) bond motifs is 1. The van der Waals surface area contributed by atoms with E-state index in [9.17, 15) is 31.1 Å². The normalized spacial score (nSPS) is 27.0. The van der Waals surface area contributed by atoms with Crippen LogP contribution in [0.2, 0.25) is 0 Å². The van der Waals surface area contributed by atoms with Gasteiger partial charge in [-0.1, -0.05) is 24.3 Å². The lowest BCUT2D eigenvalue weighted by molar-refractivity contribution is -0.285. The molecule has 3 heterocycles. The number of amides is 1. The van der Waals surface area contributed by atoms with Crippen molar-refractivity contribution < 1.29 is 40.6 Å². The van der Waals surface area contributed by atoms with Crippen molar-refractivity contribution in [3.8, 4) is 5.75 Å². The summed E-state index contributed by atoms with van der Waals surface area (Å²) in [6.45, 7) is 1.90. The van der Waals surface area contributed by atoms with Gasteiger partial charge in [-0.05, 0) is 19.1 Å². The molecule has 1 aliphatic rings. The second kappa shape index (κ2) is 8.11. The molecule has 2 aromatic heterocycles. The van der Waals surface area contributed by atoms with E-state index in [-0.39, 0.29) is 11.1 Å².